The van der Waals surface area contributed by atoms with Crippen molar-refractivity contribution in [3.63, 3.8) is 0 Å². The molecule has 126 valence electrons. The molecule has 8 heteroatoms. The van der Waals surface area contributed by atoms with Gasteiger partial charge < -0.3 is 5.32 Å². The van der Waals surface area contributed by atoms with Crippen molar-refractivity contribution in [2.24, 2.45) is 5.10 Å². The maximum Gasteiger partial charge on any atom is 0.416 e. The van der Waals surface area contributed by atoms with Gasteiger partial charge in [0.1, 0.15) is 0 Å². The number of hydrazone groups is 1. The minimum absolute atomic E-state index is 0.199. The van der Waals surface area contributed by atoms with E-state index in [1.54, 1.807) is 31.3 Å². The van der Waals surface area contributed by atoms with Crippen LogP contribution in [0.15, 0.2) is 53.8 Å². The van der Waals surface area contributed by atoms with Crippen LogP contribution >= 0.6 is 0 Å². The van der Waals surface area contributed by atoms with Gasteiger partial charge in [-0.25, -0.2) is 5.43 Å². The molecule has 2 rings (SSSR count). The van der Waals surface area contributed by atoms with Gasteiger partial charge in [0.25, 0.3) is 5.91 Å². The molecule has 0 unspecified atom stereocenters. The van der Waals surface area contributed by atoms with E-state index in [0.29, 0.717) is 11.4 Å². The summed E-state index contributed by atoms with van der Waals surface area (Å²) in [5.74, 6) is -0.484. The molecule has 0 spiro atoms. The lowest BCUT2D eigenvalue weighted by atomic mass is 10.2. The first-order valence-corrected chi connectivity index (χ1v) is 7.02. The van der Waals surface area contributed by atoms with Crippen molar-refractivity contribution in [2.75, 3.05) is 11.9 Å². The number of benzene rings is 1. The summed E-state index contributed by atoms with van der Waals surface area (Å²) < 4.78 is 37.8. The van der Waals surface area contributed by atoms with Crippen molar-refractivity contribution in [2.45, 2.75) is 13.1 Å². The average molecular weight is 336 g/mol. The van der Waals surface area contributed by atoms with Gasteiger partial charge in [-0.15, -0.1) is 0 Å². The number of nitrogens with zero attached hydrogens (tertiary/aromatic N) is 2. The number of amides is 1. The van der Waals surface area contributed by atoms with Crippen LogP contribution in [-0.2, 0) is 11.0 Å². The molecule has 24 heavy (non-hydrogen) atoms. The summed E-state index contributed by atoms with van der Waals surface area (Å²) in [7, 11) is 0. The summed E-state index contributed by atoms with van der Waals surface area (Å²) >= 11 is 0. The number of hydrogen-bond donors (Lipinski definition) is 2. The molecule has 0 radical (unpaired) electrons. The first-order chi connectivity index (χ1) is 11.4. The lowest BCUT2D eigenvalue weighted by molar-refractivity contribution is -0.137. The number of alkyl halides is 3. The third-order valence-electron chi connectivity index (χ3n) is 3.03. The standard InChI is InChI=1S/C16H15F3N4O/c1-11(14-7-2-3-8-20-14)22-23-15(24)10-21-13-6-4-5-12(9-13)16(17,18)19/h2-9,21H,10H2,1H3,(H,23,24)/b22-11-. The molecule has 1 heterocycles. The van der Waals surface area contributed by atoms with Crippen LogP contribution in [-0.4, -0.2) is 23.1 Å². The lowest BCUT2D eigenvalue weighted by Gasteiger charge is -2.10. The van der Waals surface area contributed by atoms with Crippen LogP contribution in [0, 0.1) is 0 Å². The first kappa shape index (κ1) is 17.5. The molecule has 1 amide bonds. The van der Waals surface area contributed by atoms with E-state index >= 15 is 0 Å². The van der Waals surface area contributed by atoms with Crippen LogP contribution < -0.4 is 10.7 Å². The second-order valence-electron chi connectivity index (χ2n) is 4.88. The summed E-state index contributed by atoms with van der Waals surface area (Å²) in [5, 5.41) is 6.52. The number of anilines is 1. The van der Waals surface area contributed by atoms with E-state index in [1.807, 2.05) is 0 Å². The van der Waals surface area contributed by atoms with Gasteiger partial charge in [-0.05, 0) is 37.3 Å². The number of aromatic nitrogens is 1. The van der Waals surface area contributed by atoms with Crippen LogP contribution in [0.25, 0.3) is 0 Å². The molecule has 0 saturated heterocycles. The van der Waals surface area contributed by atoms with Gasteiger partial charge in [0.2, 0.25) is 0 Å². The highest BCUT2D eigenvalue weighted by atomic mass is 19.4. The second-order valence-corrected chi connectivity index (χ2v) is 4.88. The van der Waals surface area contributed by atoms with Crippen LogP contribution in [0.4, 0.5) is 18.9 Å². The third-order valence-corrected chi connectivity index (χ3v) is 3.03. The van der Waals surface area contributed by atoms with Crippen molar-refractivity contribution in [1.82, 2.24) is 10.4 Å². The number of halogens is 3. The molecule has 0 fully saturated rings. The number of carbonyl (C=O) groups is 1. The Hall–Kier alpha value is -2.90. The molecule has 0 aliphatic heterocycles. The van der Waals surface area contributed by atoms with Gasteiger partial charge in [0.05, 0.1) is 23.5 Å². The molecule has 2 N–H and O–H groups in total. The van der Waals surface area contributed by atoms with Gasteiger partial charge in [-0.2, -0.15) is 18.3 Å². The number of pyridine rings is 1. The van der Waals surface area contributed by atoms with E-state index in [2.05, 4.69) is 20.8 Å². The number of nitrogens with one attached hydrogen (secondary N) is 2. The van der Waals surface area contributed by atoms with Crippen molar-refractivity contribution >= 4 is 17.3 Å². The molecule has 0 saturated carbocycles. The zero-order valence-electron chi connectivity index (χ0n) is 12.8. The van der Waals surface area contributed by atoms with E-state index in [0.717, 1.165) is 12.1 Å². The third kappa shape index (κ3) is 5.08. The van der Waals surface area contributed by atoms with E-state index in [-0.39, 0.29) is 12.2 Å². The van der Waals surface area contributed by atoms with E-state index in [1.165, 1.54) is 12.1 Å². The summed E-state index contributed by atoms with van der Waals surface area (Å²) in [5.41, 5.74) is 2.87. The normalized spacial score (nSPS) is 11.9. The zero-order valence-corrected chi connectivity index (χ0v) is 12.8. The summed E-state index contributed by atoms with van der Waals surface area (Å²) in [4.78, 5) is 15.8. The van der Waals surface area contributed by atoms with E-state index in [4.69, 9.17) is 0 Å². The molecule has 1 aromatic carbocycles. The quantitative estimate of drug-likeness (QED) is 0.651. The van der Waals surface area contributed by atoms with Crippen LogP contribution in [0.1, 0.15) is 18.2 Å². The predicted octanol–water partition coefficient (Wildman–Crippen LogP) is 3.05. The van der Waals surface area contributed by atoms with Crippen molar-refractivity contribution in [1.29, 1.82) is 0 Å². The molecule has 1 aromatic heterocycles. The highest BCUT2D eigenvalue weighted by Gasteiger charge is 2.30. The maximum absolute atomic E-state index is 12.6. The molecule has 0 aliphatic carbocycles. The number of carbonyl (C=O) groups excluding carboxylic acids is 1. The lowest BCUT2D eigenvalue weighted by Crippen LogP contribution is -2.27. The highest BCUT2D eigenvalue weighted by Crippen LogP contribution is 2.30. The largest absolute Gasteiger partial charge is 0.416 e. The minimum atomic E-state index is -4.43. The molecule has 2 aromatic rings. The topological polar surface area (TPSA) is 66.4 Å². The minimum Gasteiger partial charge on any atom is -0.376 e. The second kappa shape index (κ2) is 7.58. The molecule has 0 atom stereocenters. The Kier molecular flexibility index (Phi) is 5.51. The Bertz CT molecular complexity index is 730. The summed E-state index contributed by atoms with van der Waals surface area (Å²) in [6, 6.07) is 9.91. The van der Waals surface area contributed by atoms with Crippen molar-refractivity contribution in [3.8, 4) is 0 Å². The van der Waals surface area contributed by atoms with Crippen LogP contribution in [0.5, 0.6) is 0 Å². The highest BCUT2D eigenvalue weighted by molar-refractivity contribution is 5.97. The first-order valence-electron chi connectivity index (χ1n) is 7.02. The van der Waals surface area contributed by atoms with Crippen LogP contribution in [0.2, 0.25) is 0 Å². The molecule has 0 bridgehead atoms. The number of rotatable bonds is 5. The number of hydrogen-bond acceptors (Lipinski definition) is 4. The summed E-state index contributed by atoms with van der Waals surface area (Å²) in [6.07, 6.45) is -2.82. The van der Waals surface area contributed by atoms with Crippen molar-refractivity contribution < 1.29 is 18.0 Å². The van der Waals surface area contributed by atoms with Gasteiger partial charge in [-0.1, -0.05) is 12.1 Å². The van der Waals surface area contributed by atoms with Gasteiger partial charge in [0, 0.05) is 11.9 Å². The van der Waals surface area contributed by atoms with Crippen LogP contribution in [0.3, 0.4) is 0 Å². The predicted molar refractivity (Wildman–Crippen MR) is 84.5 cm³/mol. The monoisotopic (exact) mass is 336 g/mol. The van der Waals surface area contributed by atoms with E-state index < -0.39 is 17.6 Å². The maximum atomic E-state index is 12.6. The van der Waals surface area contributed by atoms with Crippen molar-refractivity contribution in [3.05, 3.63) is 59.9 Å². The van der Waals surface area contributed by atoms with Gasteiger partial charge in [0.15, 0.2) is 0 Å². The molecular formula is C16H15F3N4O. The fourth-order valence-corrected chi connectivity index (χ4v) is 1.81. The fourth-order valence-electron chi connectivity index (χ4n) is 1.81. The Morgan fingerprint density at radius 2 is 2.00 bits per heavy atom. The Labute approximate surface area is 136 Å². The zero-order chi connectivity index (χ0) is 17.6. The fraction of sp³-hybridized carbons (Fsp3) is 0.188. The smallest absolute Gasteiger partial charge is 0.376 e. The SMILES string of the molecule is C/C(=N/NC(=O)CNc1cccc(C(F)(F)F)c1)c1ccccn1. The van der Waals surface area contributed by atoms with Gasteiger partial charge in [-0.3, -0.25) is 9.78 Å². The Morgan fingerprint density at radius 1 is 1.21 bits per heavy atom. The van der Waals surface area contributed by atoms with Gasteiger partial charge >= 0.3 is 6.18 Å². The molecular weight excluding hydrogens is 321 g/mol. The summed E-state index contributed by atoms with van der Waals surface area (Å²) in [6.45, 7) is 1.48. The molecule has 0 aliphatic rings. The average Bonchev–Trinajstić information content (AvgIpc) is 2.58. The molecule has 5 nitrogen and oxygen atoms in total. The van der Waals surface area contributed by atoms with E-state index in [9.17, 15) is 18.0 Å². The Morgan fingerprint density at radius 3 is 2.67 bits per heavy atom. The Balaban J connectivity index is 1.90.